The van der Waals surface area contributed by atoms with E-state index in [2.05, 4.69) is 4.98 Å². The van der Waals surface area contributed by atoms with Gasteiger partial charge in [-0.15, -0.1) is 0 Å². The summed E-state index contributed by atoms with van der Waals surface area (Å²) >= 11 is 5.83. The Morgan fingerprint density at radius 1 is 1.56 bits per heavy atom. The van der Waals surface area contributed by atoms with Crippen molar-refractivity contribution >= 4 is 28.2 Å². The molecule has 1 unspecified atom stereocenters. The lowest BCUT2D eigenvalue weighted by Crippen LogP contribution is -2.19. The number of pyridine rings is 1. The summed E-state index contributed by atoms with van der Waals surface area (Å²) in [6.45, 7) is -1.65. The van der Waals surface area contributed by atoms with Crippen molar-refractivity contribution in [3.05, 3.63) is 34.9 Å². The number of nitrogen functional groups attached to an aromatic ring is 1. The molecular weight excluding hydrogens is 224 g/mol. The average molecular weight is 242 g/mol. The smallest absolute Gasteiger partial charge is 0.103 e. The van der Waals surface area contributed by atoms with E-state index in [4.69, 9.17) is 24.2 Å². The molecule has 3 nitrogen and oxygen atoms in total. The number of hydrogen-bond donors (Lipinski definition) is 2. The number of rotatable bonds is 1. The molecule has 16 heavy (non-hydrogen) atoms. The van der Waals surface area contributed by atoms with Crippen LogP contribution in [0.25, 0.3) is 10.9 Å². The van der Waals surface area contributed by atoms with Gasteiger partial charge in [0.1, 0.15) is 5.60 Å². The van der Waals surface area contributed by atoms with Crippen LogP contribution in [-0.4, -0.2) is 10.1 Å². The normalized spacial score (nSPS) is 20.3. The summed E-state index contributed by atoms with van der Waals surface area (Å²) in [4.78, 5) is 4.01. The highest BCUT2D eigenvalue weighted by atomic mass is 35.5. The zero-order valence-corrected chi connectivity index (χ0v) is 9.26. The lowest BCUT2D eigenvalue weighted by Gasteiger charge is -2.19. The number of aliphatic hydroxyl groups is 1. The van der Waals surface area contributed by atoms with Gasteiger partial charge in [0, 0.05) is 14.5 Å². The summed E-state index contributed by atoms with van der Waals surface area (Å²) in [6.07, 6.45) is 0. The third-order valence-electron chi connectivity index (χ3n) is 2.13. The lowest BCUT2D eigenvalue weighted by atomic mass is 10.0. The van der Waals surface area contributed by atoms with Gasteiger partial charge in [-0.25, -0.2) is 4.98 Å². The molecule has 0 aliphatic rings. The molecule has 0 fully saturated rings. The van der Waals surface area contributed by atoms with E-state index in [9.17, 15) is 5.11 Å². The molecule has 4 heteroatoms. The Labute approximate surface area is 106 Å². The molecule has 0 saturated carbocycles. The molecule has 1 aromatic carbocycles. The molecular formula is C12H13ClN2O. The van der Waals surface area contributed by atoms with Gasteiger partial charge < -0.3 is 10.8 Å². The predicted octanol–water partition coefficient (Wildman–Crippen LogP) is 2.70. The molecule has 0 bridgehead atoms. The summed E-state index contributed by atoms with van der Waals surface area (Å²) in [5.41, 5.74) is 3.33. The van der Waals surface area contributed by atoms with Gasteiger partial charge in [0.05, 0.1) is 19.6 Å². The molecule has 0 aliphatic heterocycles. The van der Waals surface area contributed by atoms with E-state index >= 15 is 0 Å². The van der Waals surface area contributed by atoms with Gasteiger partial charge in [-0.05, 0) is 38.0 Å². The molecule has 2 rings (SSSR count). The van der Waals surface area contributed by atoms with Crippen LogP contribution < -0.4 is 5.73 Å². The minimum absolute atomic E-state index is 0.0168. The highest BCUT2D eigenvalue weighted by Gasteiger charge is 2.21. The monoisotopic (exact) mass is 241 g/mol. The van der Waals surface area contributed by atoms with Crippen molar-refractivity contribution < 1.29 is 12.0 Å². The molecule has 84 valence electrons. The average Bonchev–Trinajstić information content (AvgIpc) is 2.34. The van der Waals surface area contributed by atoms with E-state index in [1.54, 1.807) is 0 Å². The van der Waals surface area contributed by atoms with Crippen LogP contribution >= 0.6 is 11.6 Å². The number of benzene rings is 1. The van der Waals surface area contributed by atoms with Gasteiger partial charge in [-0.2, -0.15) is 0 Å². The molecule has 0 radical (unpaired) electrons. The summed E-state index contributed by atoms with van der Waals surface area (Å²) in [5.74, 6) is 0. The number of aromatic nitrogens is 1. The van der Waals surface area contributed by atoms with Crippen LogP contribution in [-0.2, 0) is 5.60 Å². The van der Waals surface area contributed by atoms with Crippen LogP contribution in [0.3, 0.4) is 0 Å². The summed E-state index contributed by atoms with van der Waals surface area (Å²) < 4.78 is 37.7. The Morgan fingerprint density at radius 2 is 2.31 bits per heavy atom. The van der Waals surface area contributed by atoms with E-state index in [0.717, 1.165) is 6.92 Å². The van der Waals surface area contributed by atoms with Gasteiger partial charge in [-0.1, -0.05) is 11.6 Å². The van der Waals surface area contributed by atoms with Gasteiger partial charge in [0.2, 0.25) is 0 Å². The number of hydrogen-bond acceptors (Lipinski definition) is 3. The second-order valence-electron chi connectivity index (χ2n) is 3.68. The maximum atomic E-state index is 10.2. The van der Waals surface area contributed by atoms with Crippen molar-refractivity contribution in [2.24, 2.45) is 0 Å². The Balaban J connectivity index is 2.82. The quantitative estimate of drug-likeness (QED) is 0.807. The van der Waals surface area contributed by atoms with Crippen molar-refractivity contribution in [2.45, 2.75) is 19.4 Å². The maximum absolute atomic E-state index is 10.2. The fourth-order valence-electron chi connectivity index (χ4n) is 1.44. The van der Waals surface area contributed by atoms with Gasteiger partial charge >= 0.3 is 0 Å². The van der Waals surface area contributed by atoms with Crippen molar-refractivity contribution in [2.75, 3.05) is 5.73 Å². The van der Waals surface area contributed by atoms with Crippen molar-refractivity contribution in [3.63, 3.8) is 0 Å². The molecule has 0 aliphatic carbocycles. The van der Waals surface area contributed by atoms with E-state index in [1.807, 2.05) is 0 Å². The Morgan fingerprint density at radius 3 is 3.00 bits per heavy atom. The summed E-state index contributed by atoms with van der Waals surface area (Å²) in [6, 6.07) is 2.34. The van der Waals surface area contributed by atoms with E-state index in [1.165, 1.54) is 12.1 Å². The SMILES string of the molecule is [2H]c1c(Cl)cc2cc(N)c(C(C)(O)C([2H])([2H])[2H])nc2c1[2H]. The van der Waals surface area contributed by atoms with Gasteiger partial charge in [0.25, 0.3) is 0 Å². The van der Waals surface area contributed by atoms with E-state index in [0.29, 0.717) is 5.39 Å². The fraction of sp³-hybridized carbons (Fsp3) is 0.250. The second kappa shape index (κ2) is 3.61. The molecule has 1 aromatic heterocycles. The largest absolute Gasteiger partial charge is 0.397 e. The van der Waals surface area contributed by atoms with Crippen LogP contribution in [0.1, 0.15) is 26.3 Å². The van der Waals surface area contributed by atoms with Crippen LogP contribution in [0.4, 0.5) is 5.69 Å². The maximum Gasteiger partial charge on any atom is 0.103 e. The Bertz CT molecular complexity index is 730. The Kier molecular flexibility index (Phi) is 1.45. The minimum Gasteiger partial charge on any atom is -0.397 e. The topological polar surface area (TPSA) is 59.1 Å². The summed E-state index contributed by atoms with van der Waals surface area (Å²) in [7, 11) is 0. The van der Waals surface area contributed by atoms with Crippen molar-refractivity contribution in [1.29, 1.82) is 0 Å². The van der Waals surface area contributed by atoms with Crippen molar-refractivity contribution in [1.82, 2.24) is 4.98 Å². The highest BCUT2D eigenvalue weighted by Crippen LogP contribution is 2.28. The first-order chi connectivity index (χ1) is 9.46. The zero-order valence-electron chi connectivity index (χ0n) is 13.5. The van der Waals surface area contributed by atoms with E-state index < -0.39 is 12.5 Å². The third-order valence-corrected chi connectivity index (χ3v) is 2.33. The fourth-order valence-corrected chi connectivity index (χ4v) is 1.60. The van der Waals surface area contributed by atoms with Crippen LogP contribution in [0.2, 0.25) is 5.02 Å². The first-order valence-corrected chi connectivity index (χ1v) is 4.93. The second-order valence-corrected chi connectivity index (χ2v) is 4.09. The number of halogens is 1. The first kappa shape index (κ1) is 6.42. The molecule has 0 spiro atoms. The van der Waals surface area contributed by atoms with Crippen LogP contribution in [0.15, 0.2) is 24.2 Å². The predicted molar refractivity (Wildman–Crippen MR) is 66.4 cm³/mol. The van der Waals surface area contributed by atoms with Gasteiger partial charge in [0.15, 0.2) is 0 Å². The zero-order chi connectivity index (χ0) is 16.2. The lowest BCUT2D eigenvalue weighted by molar-refractivity contribution is 0.0751. The molecule has 3 N–H and O–H groups in total. The highest BCUT2D eigenvalue weighted by molar-refractivity contribution is 6.31. The number of nitrogens with two attached hydrogens (primary N) is 1. The third kappa shape index (κ3) is 1.96. The molecule has 1 atom stereocenters. The van der Waals surface area contributed by atoms with Crippen molar-refractivity contribution in [3.8, 4) is 0 Å². The summed E-state index contributed by atoms with van der Waals surface area (Å²) in [5, 5.41) is 10.7. The Hall–Kier alpha value is -1.32. The molecule has 0 amide bonds. The number of anilines is 1. The molecule has 1 heterocycles. The van der Waals surface area contributed by atoms with Gasteiger partial charge in [-0.3, -0.25) is 0 Å². The van der Waals surface area contributed by atoms with E-state index in [-0.39, 0.29) is 34.0 Å². The minimum atomic E-state index is -2.74. The number of fused-ring (bicyclic) bond motifs is 1. The van der Waals surface area contributed by atoms with Crippen LogP contribution in [0.5, 0.6) is 0 Å². The first-order valence-electron chi connectivity index (χ1n) is 7.05. The standard InChI is InChI=1S/C12H13ClN2O/c1-12(2,16)11-9(14)6-7-5-8(13)3-4-10(7)15-11/h3-6,16H,14H2,1-2H3/i1D3,3D,4D. The molecule has 0 saturated heterocycles. The number of nitrogens with zero attached hydrogens (tertiary/aromatic N) is 1. The molecule has 2 aromatic rings. The van der Waals surface area contributed by atoms with Crippen LogP contribution in [0, 0.1) is 0 Å².